The molecule has 0 unspecified atom stereocenters. The molecule has 1 amide bonds. The predicted molar refractivity (Wildman–Crippen MR) is 123 cm³/mol. The average molecular weight is 469 g/mol. The molecule has 5 nitrogen and oxygen atoms in total. The Labute approximate surface area is 192 Å². The van der Waals surface area contributed by atoms with Crippen molar-refractivity contribution in [1.82, 2.24) is 5.16 Å². The van der Waals surface area contributed by atoms with Gasteiger partial charge in [-0.15, -0.1) is 0 Å². The first-order valence-electron chi connectivity index (χ1n) is 8.98. The summed E-state index contributed by atoms with van der Waals surface area (Å²) in [5, 5.41) is 18.3. The van der Waals surface area contributed by atoms with Gasteiger partial charge in [0.15, 0.2) is 5.76 Å². The molecule has 152 valence electrons. The average Bonchev–Trinajstić information content (AvgIpc) is 3.18. The lowest BCUT2D eigenvalue weighted by molar-refractivity contribution is -0.112. The highest BCUT2D eigenvalue weighted by Crippen LogP contribution is 2.31. The summed E-state index contributed by atoms with van der Waals surface area (Å²) in [6.07, 6.45) is 1.48. The van der Waals surface area contributed by atoms with E-state index in [2.05, 4.69) is 10.5 Å². The van der Waals surface area contributed by atoms with Crippen molar-refractivity contribution in [2.75, 3.05) is 5.32 Å². The molecule has 0 saturated carbocycles. The normalized spacial score (nSPS) is 11.4. The lowest BCUT2D eigenvalue weighted by atomic mass is 10.0. The molecular weight excluding hydrogens is 457 g/mol. The monoisotopic (exact) mass is 467 g/mol. The van der Waals surface area contributed by atoms with Crippen LogP contribution in [0.2, 0.25) is 15.1 Å². The minimum atomic E-state index is -0.602. The Morgan fingerprint density at radius 2 is 1.74 bits per heavy atom. The standard InChI is InChI=1S/C23H12Cl3N3O2/c24-16-4-2-14(3-5-16)22-18-10-13(1-8-20(18)29-31-22)9-15(12-27)23(30)28-21-11-17(25)6-7-19(21)26/h1-11H,(H,28,30)/b15-9+. The molecule has 0 bridgehead atoms. The second kappa shape index (κ2) is 8.83. The highest BCUT2D eigenvalue weighted by Gasteiger charge is 2.14. The minimum absolute atomic E-state index is 0.0973. The van der Waals surface area contributed by atoms with Crippen molar-refractivity contribution in [1.29, 1.82) is 5.26 Å². The van der Waals surface area contributed by atoms with Crippen molar-refractivity contribution in [3.8, 4) is 17.4 Å². The van der Waals surface area contributed by atoms with Crippen LogP contribution in [0, 0.1) is 11.3 Å². The van der Waals surface area contributed by atoms with E-state index in [9.17, 15) is 10.1 Å². The summed E-state index contributed by atoms with van der Waals surface area (Å²) in [6.45, 7) is 0. The first kappa shape index (κ1) is 21.0. The van der Waals surface area contributed by atoms with E-state index in [1.54, 1.807) is 42.5 Å². The fraction of sp³-hybridized carbons (Fsp3) is 0. The third-order valence-corrected chi connectivity index (χ3v) is 5.28. The highest BCUT2D eigenvalue weighted by atomic mass is 35.5. The molecule has 1 heterocycles. The van der Waals surface area contributed by atoms with Gasteiger partial charge in [-0.25, -0.2) is 0 Å². The Kier molecular flexibility index (Phi) is 5.97. The third kappa shape index (κ3) is 4.57. The lowest BCUT2D eigenvalue weighted by Crippen LogP contribution is -2.13. The van der Waals surface area contributed by atoms with Crippen molar-refractivity contribution in [3.63, 3.8) is 0 Å². The molecule has 0 aliphatic rings. The number of rotatable bonds is 4. The molecular formula is C23H12Cl3N3O2. The Morgan fingerprint density at radius 1 is 1.00 bits per heavy atom. The van der Waals surface area contributed by atoms with E-state index in [0.717, 1.165) is 10.9 Å². The molecule has 0 spiro atoms. The van der Waals surface area contributed by atoms with Gasteiger partial charge >= 0.3 is 0 Å². The van der Waals surface area contributed by atoms with Crippen LogP contribution in [0.25, 0.3) is 28.3 Å². The summed E-state index contributed by atoms with van der Waals surface area (Å²) < 4.78 is 5.49. The third-order valence-electron chi connectivity index (χ3n) is 4.46. The topological polar surface area (TPSA) is 78.9 Å². The van der Waals surface area contributed by atoms with Crippen LogP contribution in [-0.4, -0.2) is 11.1 Å². The number of anilines is 1. The van der Waals surface area contributed by atoms with Gasteiger partial charge in [-0.2, -0.15) is 5.26 Å². The number of aromatic nitrogens is 1. The molecule has 4 rings (SSSR count). The van der Waals surface area contributed by atoms with E-state index in [0.29, 0.717) is 37.6 Å². The Morgan fingerprint density at radius 3 is 2.48 bits per heavy atom. The second-order valence-electron chi connectivity index (χ2n) is 6.54. The van der Waals surface area contributed by atoms with E-state index < -0.39 is 5.91 Å². The maximum Gasteiger partial charge on any atom is 0.266 e. The number of hydrogen-bond acceptors (Lipinski definition) is 4. The maximum atomic E-state index is 12.6. The van der Waals surface area contributed by atoms with Crippen LogP contribution in [0.4, 0.5) is 5.69 Å². The Hall–Kier alpha value is -3.30. The first-order chi connectivity index (χ1) is 14.9. The van der Waals surface area contributed by atoms with E-state index in [4.69, 9.17) is 39.3 Å². The second-order valence-corrected chi connectivity index (χ2v) is 7.82. The summed E-state index contributed by atoms with van der Waals surface area (Å²) >= 11 is 18.0. The van der Waals surface area contributed by atoms with Gasteiger partial charge in [0.25, 0.3) is 5.91 Å². The van der Waals surface area contributed by atoms with E-state index in [1.165, 1.54) is 12.1 Å². The summed E-state index contributed by atoms with van der Waals surface area (Å²) in [5.74, 6) is -0.0365. The van der Waals surface area contributed by atoms with Crippen molar-refractivity contribution in [2.24, 2.45) is 0 Å². The number of fused-ring (bicyclic) bond motifs is 1. The van der Waals surface area contributed by atoms with Gasteiger partial charge in [-0.1, -0.05) is 46.0 Å². The molecule has 1 aromatic heterocycles. The van der Waals surface area contributed by atoms with Crippen LogP contribution in [0.1, 0.15) is 5.56 Å². The van der Waals surface area contributed by atoms with Gasteiger partial charge in [0.05, 0.1) is 16.1 Å². The molecule has 0 atom stereocenters. The number of nitrogens with one attached hydrogen (secondary N) is 1. The molecule has 3 aromatic carbocycles. The number of hydrogen-bond donors (Lipinski definition) is 1. The van der Waals surface area contributed by atoms with Gasteiger partial charge in [0, 0.05) is 15.6 Å². The van der Waals surface area contributed by atoms with Gasteiger partial charge in [-0.05, 0) is 66.2 Å². The summed E-state index contributed by atoms with van der Waals surface area (Å²) in [6, 6.07) is 19.1. The quantitative estimate of drug-likeness (QED) is 0.258. The molecule has 0 radical (unpaired) electrons. The van der Waals surface area contributed by atoms with Crippen molar-refractivity contribution in [3.05, 3.63) is 86.9 Å². The molecule has 0 aliphatic carbocycles. The van der Waals surface area contributed by atoms with Crippen LogP contribution in [-0.2, 0) is 4.79 Å². The number of nitriles is 1. The van der Waals surface area contributed by atoms with E-state index in [-0.39, 0.29) is 5.57 Å². The fourth-order valence-electron chi connectivity index (χ4n) is 2.96. The van der Waals surface area contributed by atoms with E-state index in [1.807, 2.05) is 18.2 Å². The van der Waals surface area contributed by atoms with Gasteiger partial charge in [-0.3, -0.25) is 4.79 Å². The molecule has 31 heavy (non-hydrogen) atoms. The summed E-state index contributed by atoms with van der Waals surface area (Å²) in [7, 11) is 0. The zero-order chi connectivity index (χ0) is 22.0. The Bertz CT molecular complexity index is 1370. The molecule has 0 fully saturated rings. The zero-order valence-corrected chi connectivity index (χ0v) is 18.0. The number of halogens is 3. The number of nitrogens with zero attached hydrogens (tertiary/aromatic N) is 2. The van der Waals surface area contributed by atoms with E-state index >= 15 is 0 Å². The van der Waals surface area contributed by atoms with Crippen molar-refractivity contribution in [2.45, 2.75) is 0 Å². The van der Waals surface area contributed by atoms with Gasteiger partial charge in [0.1, 0.15) is 17.2 Å². The van der Waals surface area contributed by atoms with Crippen LogP contribution in [0.15, 0.2) is 70.8 Å². The smallest absolute Gasteiger partial charge is 0.266 e. The molecule has 0 aliphatic heterocycles. The number of carbonyl (C=O) groups excluding carboxylic acids is 1. The number of amides is 1. The van der Waals surface area contributed by atoms with Crippen LogP contribution >= 0.6 is 34.8 Å². The maximum absolute atomic E-state index is 12.6. The zero-order valence-electron chi connectivity index (χ0n) is 15.7. The summed E-state index contributed by atoms with van der Waals surface area (Å²) in [5.41, 5.74) is 2.31. The predicted octanol–water partition coefficient (Wildman–Crippen LogP) is 7.00. The van der Waals surface area contributed by atoms with Crippen LogP contribution in [0.5, 0.6) is 0 Å². The molecule has 0 saturated heterocycles. The molecule has 1 N–H and O–H groups in total. The first-order valence-corrected chi connectivity index (χ1v) is 10.1. The Balaban J connectivity index is 1.67. The van der Waals surface area contributed by atoms with Crippen LogP contribution in [0.3, 0.4) is 0 Å². The number of benzene rings is 3. The van der Waals surface area contributed by atoms with Crippen molar-refractivity contribution >= 4 is 63.4 Å². The largest absolute Gasteiger partial charge is 0.355 e. The SMILES string of the molecule is N#C/C(=C\c1ccc2noc(-c3ccc(Cl)cc3)c2c1)C(=O)Nc1cc(Cl)ccc1Cl. The summed E-state index contributed by atoms with van der Waals surface area (Å²) in [4.78, 5) is 12.6. The van der Waals surface area contributed by atoms with Crippen LogP contribution < -0.4 is 5.32 Å². The molecule has 8 heteroatoms. The van der Waals surface area contributed by atoms with Crippen molar-refractivity contribution < 1.29 is 9.32 Å². The van der Waals surface area contributed by atoms with Gasteiger partial charge in [0.2, 0.25) is 0 Å². The number of carbonyl (C=O) groups is 1. The fourth-order valence-corrected chi connectivity index (χ4v) is 3.42. The van der Waals surface area contributed by atoms with Gasteiger partial charge < -0.3 is 9.84 Å². The minimum Gasteiger partial charge on any atom is -0.355 e. The molecule has 4 aromatic rings. The lowest BCUT2D eigenvalue weighted by Gasteiger charge is -2.07. The highest BCUT2D eigenvalue weighted by molar-refractivity contribution is 6.36.